The Labute approximate surface area is 113 Å². The van der Waals surface area contributed by atoms with Gasteiger partial charge < -0.3 is 5.73 Å². The molecule has 1 rings (SSSR count). The summed E-state index contributed by atoms with van der Waals surface area (Å²) in [6.07, 6.45) is 0. The Kier molecular flexibility index (Phi) is 4.47. The number of sulfonamides is 1. The van der Waals surface area contributed by atoms with Crippen LogP contribution in [0, 0.1) is 11.6 Å². The maximum absolute atomic E-state index is 13.6. The highest BCUT2D eigenvalue weighted by molar-refractivity contribution is 9.10. The molecule has 0 aliphatic heterocycles. The zero-order valence-corrected chi connectivity index (χ0v) is 12.2. The molecule has 0 bridgehead atoms. The van der Waals surface area contributed by atoms with E-state index in [1.54, 1.807) is 0 Å². The van der Waals surface area contributed by atoms with Gasteiger partial charge >= 0.3 is 0 Å². The van der Waals surface area contributed by atoms with E-state index in [-0.39, 0.29) is 11.0 Å². The van der Waals surface area contributed by atoms with Crippen molar-refractivity contribution in [3.8, 4) is 0 Å². The lowest BCUT2D eigenvalue weighted by molar-refractivity contribution is 0.458. The third-order valence-corrected chi connectivity index (χ3v) is 4.51. The molecule has 8 heteroatoms. The van der Waals surface area contributed by atoms with Crippen molar-refractivity contribution >= 4 is 26.0 Å². The first kappa shape index (κ1) is 15.5. The molecule has 0 fully saturated rings. The predicted molar refractivity (Wildman–Crippen MR) is 67.5 cm³/mol. The third-order valence-electron chi connectivity index (χ3n) is 2.19. The first-order valence-electron chi connectivity index (χ1n) is 4.98. The molecule has 0 aromatic heterocycles. The molecule has 0 spiro atoms. The van der Waals surface area contributed by atoms with Crippen LogP contribution in [-0.4, -0.2) is 20.5 Å². The summed E-state index contributed by atoms with van der Waals surface area (Å²) in [5, 5.41) is 0. The average Bonchev–Trinajstić information content (AvgIpc) is 2.21. The fraction of sp³-hybridized carbons (Fsp3) is 0.400. The summed E-state index contributed by atoms with van der Waals surface area (Å²) < 4.78 is 52.7. The summed E-state index contributed by atoms with van der Waals surface area (Å²) in [6.45, 7) is 3.10. The normalized spacial score (nSPS) is 12.8. The van der Waals surface area contributed by atoms with E-state index in [2.05, 4.69) is 20.7 Å². The fourth-order valence-electron chi connectivity index (χ4n) is 1.17. The zero-order valence-electron chi connectivity index (χ0n) is 9.80. The average molecular weight is 343 g/mol. The zero-order chi connectivity index (χ0) is 14.1. The molecule has 102 valence electrons. The van der Waals surface area contributed by atoms with Crippen molar-refractivity contribution in [2.24, 2.45) is 5.73 Å². The number of halogens is 3. The highest BCUT2D eigenvalue weighted by atomic mass is 79.9. The predicted octanol–water partition coefficient (Wildman–Crippen LogP) is 1.74. The van der Waals surface area contributed by atoms with E-state index in [4.69, 9.17) is 5.73 Å². The van der Waals surface area contributed by atoms with Gasteiger partial charge in [-0.2, -0.15) is 0 Å². The second-order valence-corrected chi connectivity index (χ2v) is 6.90. The van der Waals surface area contributed by atoms with E-state index in [0.29, 0.717) is 6.07 Å². The van der Waals surface area contributed by atoms with Crippen molar-refractivity contribution in [1.29, 1.82) is 0 Å². The van der Waals surface area contributed by atoms with Crippen LogP contribution in [-0.2, 0) is 10.0 Å². The molecule has 0 atom stereocenters. The van der Waals surface area contributed by atoms with E-state index in [0.717, 1.165) is 6.07 Å². The molecule has 1 aromatic rings. The van der Waals surface area contributed by atoms with Gasteiger partial charge in [-0.05, 0) is 41.9 Å². The van der Waals surface area contributed by atoms with Crippen LogP contribution in [0.5, 0.6) is 0 Å². The number of benzene rings is 1. The number of rotatable bonds is 4. The van der Waals surface area contributed by atoms with Crippen LogP contribution in [0.15, 0.2) is 21.5 Å². The Morgan fingerprint density at radius 3 is 2.39 bits per heavy atom. The number of hydrogen-bond donors (Lipinski definition) is 2. The van der Waals surface area contributed by atoms with Crippen molar-refractivity contribution < 1.29 is 17.2 Å². The quantitative estimate of drug-likeness (QED) is 0.818. The minimum atomic E-state index is -4.17. The van der Waals surface area contributed by atoms with Gasteiger partial charge in [0.05, 0.1) is 4.47 Å². The molecule has 4 nitrogen and oxygen atoms in total. The van der Waals surface area contributed by atoms with Gasteiger partial charge in [-0.1, -0.05) is 0 Å². The van der Waals surface area contributed by atoms with E-state index >= 15 is 0 Å². The van der Waals surface area contributed by atoms with Gasteiger partial charge in [0.1, 0.15) is 16.5 Å². The molecular formula is C10H13BrF2N2O2S. The lowest BCUT2D eigenvalue weighted by atomic mass is 10.1. The fourth-order valence-corrected chi connectivity index (χ4v) is 2.98. The Balaban J connectivity index is 3.26. The number of hydrogen-bond acceptors (Lipinski definition) is 3. The van der Waals surface area contributed by atoms with Crippen LogP contribution in [0.3, 0.4) is 0 Å². The van der Waals surface area contributed by atoms with E-state index in [9.17, 15) is 17.2 Å². The summed E-state index contributed by atoms with van der Waals surface area (Å²) in [5.74, 6) is -1.90. The smallest absolute Gasteiger partial charge is 0.244 e. The van der Waals surface area contributed by atoms with Crippen LogP contribution in [0.25, 0.3) is 0 Å². The van der Waals surface area contributed by atoms with Gasteiger partial charge in [-0.25, -0.2) is 21.9 Å². The van der Waals surface area contributed by atoms with Gasteiger partial charge in [-0.15, -0.1) is 0 Å². The molecular weight excluding hydrogens is 330 g/mol. The molecule has 18 heavy (non-hydrogen) atoms. The molecule has 0 aliphatic rings. The highest BCUT2D eigenvalue weighted by Gasteiger charge is 2.28. The second kappa shape index (κ2) is 5.20. The van der Waals surface area contributed by atoms with Crippen molar-refractivity contribution in [2.45, 2.75) is 24.3 Å². The number of nitrogens with one attached hydrogen (secondary N) is 1. The monoisotopic (exact) mass is 342 g/mol. The van der Waals surface area contributed by atoms with Gasteiger partial charge in [0, 0.05) is 12.1 Å². The van der Waals surface area contributed by atoms with Gasteiger partial charge in [-0.3, -0.25) is 0 Å². The van der Waals surface area contributed by atoms with Crippen LogP contribution >= 0.6 is 15.9 Å². The standard InChI is InChI=1S/C10H13BrF2N2O2S/c1-10(2,5-14)15-18(16,17)9-4-7(12)6(11)3-8(9)13/h3-4,15H,5,14H2,1-2H3. The summed E-state index contributed by atoms with van der Waals surface area (Å²) in [5.41, 5.74) is 4.43. The lowest BCUT2D eigenvalue weighted by Gasteiger charge is -2.24. The molecule has 0 aliphatic carbocycles. The van der Waals surface area contributed by atoms with Gasteiger partial charge in [0.2, 0.25) is 10.0 Å². The van der Waals surface area contributed by atoms with E-state index in [1.165, 1.54) is 13.8 Å². The topological polar surface area (TPSA) is 72.2 Å². The summed E-state index contributed by atoms with van der Waals surface area (Å²) in [4.78, 5) is -0.746. The van der Waals surface area contributed by atoms with Gasteiger partial charge in [0.25, 0.3) is 0 Å². The SMILES string of the molecule is CC(C)(CN)NS(=O)(=O)c1cc(F)c(Br)cc1F. The van der Waals surface area contributed by atoms with Crippen molar-refractivity contribution in [3.05, 3.63) is 28.2 Å². The van der Waals surface area contributed by atoms with Crippen molar-refractivity contribution in [1.82, 2.24) is 4.72 Å². The molecule has 0 heterocycles. The van der Waals surface area contributed by atoms with Crippen molar-refractivity contribution in [3.63, 3.8) is 0 Å². The number of nitrogens with two attached hydrogens (primary N) is 1. The largest absolute Gasteiger partial charge is 0.329 e. The van der Waals surface area contributed by atoms with Crippen LogP contribution in [0.4, 0.5) is 8.78 Å². The van der Waals surface area contributed by atoms with Crippen LogP contribution in [0.1, 0.15) is 13.8 Å². The van der Waals surface area contributed by atoms with Crippen LogP contribution in [0.2, 0.25) is 0 Å². The minimum absolute atomic E-state index is 0.0207. The Bertz CT molecular complexity index is 561. The maximum atomic E-state index is 13.6. The lowest BCUT2D eigenvalue weighted by Crippen LogP contribution is -2.48. The molecule has 0 unspecified atom stereocenters. The molecule has 0 saturated carbocycles. The molecule has 0 saturated heterocycles. The third kappa shape index (κ3) is 3.47. The Hall–Kier alpha value is -0.570. The Morgan fingerprint density at radius 2 is 1.89 bits per heavy atom. The summed E-state index contributed by atoms with van der Waals surface area (Å²) in [6, 6.07) is 1.38. The summed E-state index contributed by atoms with van der Waals surface area (Å²) >= 11 is 2.77. The highest BCUT2D eigenvalue weighted by Crippen LogP contribution is 2.23. The van der Waals surface area contributed by atoms with Crippen LogP contribution < -0.4 is 10.5 Å². The molecule has 1 aromatic carbocycles. The minimum Gasteiger partial charge on any atom is -0.329 e. The van der Waals surface area contributed by atoms with Gasteiger partial charge in [0.15, 0.2) is 0 Å². The second-order valence-electron chi connectivity index (χ2n) is 4.39. The molecule has 3 N–H and O–H groups in total. The Morgan fingerprint density at radius 1 is 1.33 bits per heavy atom. The maximum Gasteiger partial charge on any atom is 0.244 e. The van der Waals surface area contributed by atoms with Crippen molar-refractivity contribution in [2.75, 3.05) is 6.54 Å². The van der Waals surface area contributed by atoms with E-state index < -0.39 is 32.1 Å². The first-order chi connectivity index (χ1) is 8.09. The van der Waals surface area contributed by atoms with E-state index in [1.807, 2.05) is 0 Å². The summed E-state index contributed by atoms with van der Waals surface area (Å²) in [7, 11) is -4.17. The molecule has 0 amide bonds. The first-order valence-corrected chi connectivity index (χ1v) is 7.25. The molecule has 0 radical (unpaired) electrons.